The number of unbranched alkanes of at least 4 members (excludes halogenated alkanes) is 1. The van der Waals surface area contributed by atoms with Crippen LogP contribution in [0.4, 0.5) is 11.6 Å². The molecule has 180 valence electrons. The average molecular weight is 479 g/mol. The highest BCUT2D eigenvalue weighted by Gasteiger charge is 2.16. The molecule has 7 N–H and O–H groups in total. The van der Waals surface area contributed by atoms with Gasteiger partial charge >= 0.3 is 0 Å². The fraction of sp³-hybridized carbons (Fsp3) is 0.400. The van der Waals surface area contributed by atoms with Crippen LogP contribution in [-0.4, -0.2) is 61.1 Å². The Balaban J connectivity index is 1.75. The van der Waals surface area contributed by atoms with Crippen LogP contribution < -0.4 is 27.3 Å². The number of rotatable bonds is 10. The summed E-state index contributed by atoms with van der Waals surface area (Å²) < 4.78 is 29.9. The van der Waals surface area contributed by atoms with Crippen LogP contribution in [0.2, 0.25) is 0 Å². The lowest BCUT2D eigenvalue weighted by atomic mass is 10.1. The molecule has 0 spiro atoms. The molecule has 0 aliphatic heterocycles. The van der Waals surface area contributed by atoms with Gasteiger partial charge in [-0.25, -0.2) is 22.7 Å². The molecule has 0 unspecified atom stereocenters. The van der Waals surface area contributed by atoms with Gasteiger partial charge in [0.15, 0.2) is 17.5 Å². The number of aliphatic imine (C=N–C) groups is 1. The number of aromatic nitrogens is 2. The zero-order valence-corrected chi connectivity index (χ0v) is 19.7. The number of guanidine groups is 1. The van der Waals surface area contributed by atoms with Gasteiger partial charge < -0.3 is 21.9 Å². The van der Waals surface area contributed by atoms with Crippen molar-refractivity contribution >= 4 is 33.5 Å². The largest absolute Gasteiger partial charge is 0.476 e. The number of nitrogens with two attached hydrogens (primary N) is 3. The fourth-order valence-corrected chi connectivity index (χ4v) is 3.06. The van der Waals surface area contributed by atoms with E-state index in [1.807, 2.05) is 12.1 Å². The highest BCUT2D eigenvalue weighted by atomic mass is 32.2. The normalized spacial score (nSPS) is 12.1. The first-order valence-electron chi connectivity index (χ1n) is 10.1. The number of anilines is 2. The van der Waals surface area contributed by atoms with Crippen LogP contribution >= 0.6 is 0 Å². The van der Waals surface area contributed by atoms with Crippen LogP contribution in [0.1, 0.15) is 34.6 Å². The van der Waals surface area contributed by atoms with E-state index in [0.29, 0.717) is 18.0 Å². The summed E-state index contributed by atoms with van der Waals surface area (Å²) in [6.07, 6.45) is 2.39. The summed E-state index contributed by atoms with van der Waals surface area (Å²) in [6.45, 7) is 2.05. The minimum absolute atomic E-state index is 0.0372. The van der Waals surface area contributed by atoms with Crippen molar-refractivity contribution in [1.29, 1.82) is 0 Å². The lowest BCUT2D eigenvalue weighted by Gasteiger charge is -2.12. The molecule has 13 heteroatoms. The topological polar surface area (TPSA) is 192 Å². The molecule has 1 amide bonds. The Morgan fingerprint density at radius 3 is 2.42 bits per heavy atom. The van der Waals surface area contributed by atoms with Gasteiger partial charge in [-0.2, -0.15) is 0 Å². The Kier molecular flexibility index (Phi) is 8.94. The number of nitrogens with one attached hydrogen (secondary N) is 1. The highest BCUT2D eigenvalue weighted by molar-refractivity contribution is 7.88. The predicted octanol–water partition coefficient (Wildman–Crippen LogP) is 0.245. The molecule has 0 saturated heterocycles. The molecule has 0 bridgehead atoms. The van der Waals surface area contributed by atoms with Crippen LogP contribution in [0.15, 0.2) is 29.3 Å². The van der Waals surface area contributed by atoms with E-state index >= 15 is 0 Å². The number of benzene rings is 1. The van der Waals surface area contributed by atoms with Crippen molar-refractivity contribution in [2.24, 2.45) is 10.7 Å². The summed E-state index contributed by atoms with van der Waals surface area (Å²) in [5.74, 6) is -0.495. The molecule has 33 heavy (non-hydrogen) atoms. The Morgan fingerprint density at radius 1 is 1.12 bits per heavy atom. The van der Waals surface area contributed by atoms with E-state index in [4.69, 9.17) is 21.9 Å². The van der Waals surface area contributed by atoms with Gasteiger partial charge in [0.1, 0.15) is 11.6 Å². The Labute approximate surface area is 193 Å². The van der Waals surface area contributed by atoms with Crippen LogP contribution in [0, 0.1) is 6.92 Å². The average Bonchev–Trinajstić information content (AvgIpc) is 2.75. The van der Waals surface area contributed by atoms with Crippen LogP contribution in [0.3, 0.4) is 0 Å². The summed E-state index contributed by atoms with van der Waals surface area (Å²) in [5, 5.41) is 2.43. The second-order valence-electron chi connectivity index (χ2n) is 7.41. The number of hydrogen-bond donors (Lipinski definition) is 4. The quantitative estimate of drug-likeness (QED) is 0.210. The molecule has 0 aliphatic carbocycles. The van der Waals surface area contributed by atoms with Crippen molar-refractivity contribution in [3.8, 4) is 5.75 Å². The van der Waals surface area contributed by atoms with E-state index in [0.717, 1.165) is 29.1 Å². The molecule has 1 aromatic heterocycles. The third-order valence-electron chi connectivity index (χ3n) is 4.60. The number of nitrogen functional groups attached to an aromatic ring is 2. The first-order chi connectivity index (χ1) is 15.5. The number of amides is 1. The number of ether oxygens (including phenoxy) is 1. The zero-order chi connectivity index (χ0) is 24.6. The SMILES string of the molecule is Cc1nc(C(=O)NC(N)=NCCCCc2ccc(OCS(=O)(=O)N(C)C)cc2)c(N)nc1N. The number of nitrogens with zero attached hydrogens (tertiary/aromatic N) is 4. The summed E-state index contributed by atoms with van der Waals surface area (Å²) in [5.41, 5.74) is 18.5. The van der Waals surface area contributed by atoms with Gasteiger partial charge in [0, 0.05) is 20.6 Å². The second kappa shape index (κ2) is 11.4. The molecule has 0 saturated carbocycles. The molecule has 12 nitrogen and oxygen atoms in total. The lowest BCUT2D eigenvalue weighted by molar-refractivity contribution is 0.0972. The molecular weight excluding hydrogens is 448 g/mol. The molecule has 1 heterocycles. The second-order valence-corrected chi connectivity index (χ2v) is 9.54. The lowest BCUT2D eigenvalue weighted by Crippen LogP contribution is -2.38. The number of carbonyl (C=O) groups is 1. The Hall–Kier alpha value is -3.45. The molecule has 0 radical (unpaired) electrons. The maximum Gasteiger partial charge on any atom is 0.280 e. The van der Waals surface area contributed by atoms with Gasteiger partial charge in [-0.15, -0.1) is 0 Å². The molecular formula is C20H30N8O4S. The van der Waals surface area contributed by atoms with Crippen molar-refractivity contribution in [3.63, 3.8) is 0 Å². The summed E-state index contributed by atoms with van der Waals surface area (Å²) in [6, 6.07) is 7.24. The third kappa shape index (κ3) is 7.88. The van der Waals surface area contributed by atoms with Crippen molar-refractivity contribution in [3.05, 3.63) is 41.2 Å². The first kappa shape index (κ1) is 25.8. The number of carbonyl (C=O) groups excluding carboxylic acids is 1. The van der Waals surface area contributed by atoms with Crippen LogP contribution in [-0.2, 0) is 16.4 Å². The first-order valence-corrected chi connectivity index (χ1v) is 11.7. The van der Waals surface area contributed by atoms with E-state index < -0.39 is 21.9 Å². The monoisotopic (exact) mass is 478 g/mol. The van der Waals surface area contributed by atoms with E-state index in [1.54, 1.807) is 19.1 Å². The van der Waals surface area contributed by atoms with Crippen molar-refractivity contribution < 1.29 is 17.9 Å². The van der Waals surface area contributed by atoms with Gasteiger partial charge in [-0.05, 0) is 43.9 Å². The maximum atomic E-state index is 12.2. The molecule has 2 aromatic rings. The van der Waals surface area contributed by atoms with Crippen molar-refractivity contribution in [2.75, 3.05) is 38.0 Å². The molecule has 0 atom stereocenters. The smallest absolute Gasteiger partial charge is 0.280 e. The number of hydrogen-bond acceptors (Lipinski definition) is 9. The van der Waals surface area contributed by atoms with Gasteiger partial charge in [0.05, 0.1) is 5.69 Å². The molecule has 1 aromatic carbocycles. The van der Waals surface area contributed by atoms with E-state index in [1.165, 1.54) is 14.1 Å². The van der Waals surface area contributed by atoms with Gasteiger partial charge in [0.25, 0.3) is 5.91 Å². The third-order valence-corrected chi connectivity index (χ3v) is 6.13. The Bertz CT molecular complexity index is 1100. The summed E-state index contributed by atoms with van der Waals surface area (Å²) in [4.78, 5) is 24.3. The summed E-state index contributed by atoms with van der Waals surface area (Å²) in [7, 11) is -0.505. The standard InChI is InChI=1S/C20H30N8O4S/c1-13-17(21)26-18(22)16(25-13)19(29)27-20(23)24-11-5-4-6-14-7-9-15(10-8-14)32-12-33(30,31)28(2)3/h7-10H,4-6,11-12H2,1-3H3,(H4,21,22,26)(H3,23,24,27,29). The van der Waals surface area contributed by atoms with E-state index in [2.05, 4.69) is 20.3 Å². The zero-order valence-electron chi connectivity index (χ0n) is 18.9. The molecule has 2 rings (SSSR count). The van der Waals surface area contributed by atoms with Crippen molar-refractivity contribution in [1.82, 2.24) is 19.6 Å². The minimum atomic E-state index is -3.42. The van der Waals surface area contributed by atoms with Gasteiger partial charge in [-0.1, -0.05) is 12.1 Å². The predicted molar refractivity (Wildman–Crippen MR) is 127 cm³/mol. The number of sulfonamides is 1. The maximum absolute atomic E-state index is 12.2. The van der Waals surface area contributed by atoms with E-state index in [9.17, 15) is 13.2 Å². The molecule has 0 aliphatic rings. The minimum Gasteiger partial charge on any atom is -0.476 e. The highest BCUT2D eigenvalue weighted by Crippen LogP contribution is 2.15. The van der Waals surface area contributed by atoms with Crippen molar-refractivity contribution in [2.45, 2.75) is 26.2 Å². The Morgan fingerprint density at radius 2 is 1.79 bits per heavy atom. The fourth-order valence-electron chi connectivity index (χ4n) is 2.57. The van der Waals surface area contributed by atoms with E-state index in [-0.39, 0.29) is 23.3 Å². The number of aryl methyl sites for hydroxylation is 2. The molecule has 0 fully saturated rings. The summed E-state index contributed by atoms with van der Waals surface area (Å²) >= 11 is 0. The van der Waals surface area contributed by atoms with Gasteiger partial charge in [-0.3, -0.25) is 15.1 Å². The van der Waals surface area contributed by atoms with Gasteiger partial charge in [0.2, 0.25) is 16.0 Å². The van der Waals surface area contributed by atoms with Crippen LogP contribution in [0.5, 0.6) is 5.75 Å². The van der Waals surface area contributed by atoms with Crippen LogP contribution in [0.25, 0.3) is 0 Å².